The Balaban J connectivity index is 0.000000353. The molecule has 2 aromatic carbocycles. The molecule has 3 amide bonds. The van der Waals surface area contributed by atoms with Gasteiger partial charge in [0.05, 0.1) is 13.2 Å². The van der Waals surface area contributed by atoms with Crippen LogP contribution in [0.3, 0.4) is 0 Å². The van der Waals surface area contributed by atoms with Gasteiger partial charge >= 0.3 is 5.97 Å². The molecular weight excluding hydrogens is 608 g/mol. The number of carbonyl (C=O) groups is 7. The van der Waals surface area contributed by atoms with Crippen LogP contribution >= 0.6 is 0 Å². The first-order valence-electron chi connectivity index (χ1n) is 15.2. The van der Waals surface area contributed by atoms with Crippen LogP contribution in [0.4, 0.5) is 0 Å². The molecule has 0 unspecified atom stereocenters. The van der Waals surface area contributed by atoms with E-state index in [9.17, 15) is 33.6 Å². The molecule has 248 valence electrons. The topological polar surface area (TPSA) is 154 Å². The molecule has 2 aliphatic rings. The Hall–Kier alpha value is -5.39. The summed E-state index contributed by atoms with van der Waals surface area (Å²) in [5.74, 6) is -0.586. The summed E-state index contributed by atoms with van der Waals surface area (Å²) in [6.45, 7) is 2.48. The second-order valence-electron chi connectivity index (χ2n) is 10.7. The van der Waals surface area contributed by atoms with Gasteiger partial charge in [0.2, 0.25) is 5.91 Å². The summed E-state index contributed by atoms with van der Waals surface area (Å²) in [5, 5.41) is 0. The Labute approximate surface area is 272 Å². The van der Waals surface area contributed by atoms with Gasteiger partial charge in [-0.05, 0) is 73.9 Å². The highest BCUT2D eigenvalue weighted by Gasteiger charge is 2.31. The molecule has 0 radical (unpaired) electrons. The van der Waals surface area contributed by atoms with E-state index in [2.05, 4.69) is 0 Å². The maximum Gasteiger partial charge on any atom is 0.325 e. The Morgan fingerprint density at radius 2 is 1.40 bits per heavy atom. The summed E-state index contributed by atoms with van der Waals surface area (Å²) in [6.07, 6.45) is 8.81. The Morgan fingerprint density at radius 3 is 1.89 bits per heavy atom. The first-order valence-corrected chi connectivity index (χ1v) is 15.2. The van der Waals surface area contributed by atoms with Crippen LogP contribution in [-0.4, -0.2) is 91.3 Å². The SMILES string of the molecule is CCCOc1ccc(C(=O)c2ccc(OCCOC(=O)CN(C)C(=O)/C=C\C=O)cc2)cc1.O=C(CN1C(=O)C=CC1=O)C1CCC1. The lowest BCUT2D eigenvalue weighted by molar-refractivity contribution is -0.148. The number of ether oxygens (including phenoxy) is 3. The highest BCUT2D eigenvalue weighted by Crippen LogP contribution is 2.27. The van der Waals surface area contributed by atoms with E-state index in [-0.39, 0.29) is 55.6 Å². The first kappa shape index (κ1) is 36.1. The molecule has 1 saturated carbocycles. The lowest BCUT2D eigenvalue weighted by atomic mass is 9.82. The third-order valence-corrected chi connectivity index (χ3v) is 7.16. The highest BCUT2D eigenvalue weighted by molar-refractivity contribution is 6.14. The van der Waals surface area contributed by atoms with E-state index in [1.807, 2.05) is 6.92 Å². The van der Waals surface area contributed by atoms with Crippen molar-refractivity contribution < 1.29 is 47.8 Å². The molecule has 0 saturated heterocycles. The second-order valence-corrected chi connectivity index (χ2v) is 10.7. The smallest absolute Gasteiger partial charge is 0.325 e. The molecule has 47 heavy (non-hydrogen) atoms. The number of hydrogen-bond donors (Lipinski definition) is 0. The standard InChI is InChI=1S/C25H27NO7.C10H11NO3/c1-3-15-31-21-10-6-19(7-11-21)25(30)20-8-12-22(13-9-20)32-16-17-33-24(29)18-26(2)23(28)5-4-14-27;12-8(7-2-1-3-7)6-11-9(13)4-5-10(11)14/h4-14H,3,15-18H2,1-2H3;4-5,7H,1-3,6H2/b5-4-;. The van der Waals surface area contributed by atoms with E-state index in [4.69, 9.17) is 14.2 Å². The molecule has 1 heterocycles. The number of amides is 3. The lowest BCUT2D eigenvalue weighted by Crippen LogP contribution is -2.38. The summed E-state index contributed by atoms with van der Waals surface area (Å²) in [7, 11) is 1.42. The largest absolute Gasteiger partial charge is 0.494 e. The maximum absolute atomic E-state index is 12.6. The summed E-state index contributed by atoms with van der Waals surface area (Å²) in [4.78, 5) is 82.1. The van der Waals surface area contributed by atoms with Crippen LogP contribution in [0, 0.1) is 5.92 Å². The number of Topliss-reactive ketones (excluding diaryl/α,β-unsaturated/α-hetero) is 1. The molecule has 0 N–H and O–H groups in total. The molecular formula is C35H38N2O10. The average molecular weight is 647 g/mol. The van der Waals surface area contributed by atoms with Crippen LogP contribution in [0.1, 0.15) is 48.5 Å². The molecule has 1 aliphatic carbocycles. The van der Waals surface area contributed by atoms with Gasteiger partial charge in [-0.2, -0.15) is 0 Å². The van der Waals surface area contributed by atoms with Gasteiger partial charge in [-0.25, -0.2) is 0 Å². The maximum atomic E-state index is 12.6. The second kappa shape index (κ2) is 18.5. The number of carbonyl (C=O) groups excluding carboxylic acids is 7. The molecule has 12 nitrogen and oxygen atoms in total. The van der Waals surface area contributed by atoms with Gasteiger partial charge in [-0.1, -0.05) is 13.3 Å². The average Bonchev–Trinajstić information content (AvgIpc) is 3.36. The third-order valence-electron chi connectivity index (χ3n) is 7.16. The van der Waals surface area contributed by atoms with Crippen molar-refractivity contribution in [1.82, 2.24) is 9.80 Å². The number of aldehydes is 1. The fourth-order valence-electron chi connectivity index (χ4n) is 4.27. The molecule has 12 heteroatoms. The van der Waals surface area contributed by atoms with Crippen molar-refractivity contribution in [3.63, 3.8) is 0 Å². The van der Waals surface area contributed by atoms with Crippen LogP contribution in [0.15, 0.2) is 72.8 Å². The van der Waals surface area contributed by atoms with E-state index < -0.39 is 11.9 Å². The van der Waals surface area contributed by atoms with Crippen LogP contribution in [0.25, 0.3) is 0 Å². The molecule has 0 aromatic heterocycles. The molecule has 1 fully saturated rings. The Morgan fingerprint density at radius 1 is 0.851 bits per heavy atom. The van der Waals surface area contributed by atoms with Crippen molar-refractivity contribution in [3.05, 3.63) is 84.0 Å². The van der Waals surface area contributed by atoms with Crippen molar-refractivity contribution in [1.29, 1.82) is 0 Å². The number of allylic oxidation sites excluding steroid dienone is 1. The van der Waals surface area contributed by atoms with Crippen LogP contribution in [0.2, 0.25) is 0 Å². The van der Waals surface area contributed by atoms with Gasteiger partial charge in [0.15, 0.2) is 11.6 Å². The monoisotopic (exact) mass is 646 g/mol. The van der Waals surface area contributed by atoms with Crippen molar-refractivity contribution in [2.45, 2.75) is 32.6 Å². The van der Waals surface area contributed by atoms with Gasteiger partial charge in [-0.15, -0.1) is 0 Å². The zero-order valence-electron chi connectivity index (χ0n) is 26.4. The van der Waals surface area contributed by atoms with Crippen molar-refractivity contribution in [3.8, 4) is 11.5 Å². The molecule has 2 aromatic rings. The van der Waals surface area contributed by atoms with Gasteiger partial charge < -0.3 is 19.1 Å². The highest BCUT2D eigenvalue weighted by atomic mass is 16.6. The molecule has 0 spiro atoms. The predicted octanol–water partition coefficient (Wildman–Crippen LogP) is 3.12. The zero-order chi connectivity index (χ0) is 34.2. The van der Waals surface area contributed by atoms with Gasteiger partial charge in [0, 0.05) is 42.3 Å². The number of benzene rings is 2. The zero-order valence-corrected chi connectivity index (χ0v) is 26.4. The normalized spacial score (nSPS) is 13.8. The number of rotatable bonds is 16. The van der Waals surface area contributed by atoms with Crippen LogP contribution in [0.5, 0.6) is 11.5 Å². The number of esters is 1. The van der Waals surface area contributed by atoms with Gasteiger partial charge in [0.1, 0.15) is 37.5 Å². The summed E-state index contributed by atoms with van der Waals surface area (Å²) >= 11 is 0. The fourth-order valence-corrected chi connectivity index (χ4v) is 4.27. The lowest BCUT2D eigenvalue weighted by Gasteiger charge is -2.25. The van der Waals surface area contributed by atoms with Gasteiger partial charge in [-0.3, -0.25) is 38.5 Å². The number of ketones is 2. The number of hydrogen-bond acceptors (Lipinski definition) is 10. The summed E-state index contributed by atoms with van der Waals surface area (Å²) < 4.78 is 16.1. The van der Waals surface area contributed by atoms with Gasteiger partial charge in [0.25, 0.3) is 11.8 Å². The van der Waals surface area contributed by atoms with E-state index >= 15 is 0 Å². The van der Waals surface area contributed by atoms with Crippen LogP contribution < -0.4 is 9.47 Å². The minimum Gasteiger partial charge on any atom is -0.494 e. The Kier molecular flexibility index (Phi) is 14.2. The van der Waals surface area contributed by atoms with E-state index in [0.29, 0.717) is 29.8 Å². The Bertz CT molecular complexity index is 1470. The minimum atomic E-state index is -0.596. The third kappa shape index (κ3) is 11.5. The fraction of sp³-hybridized carbons (Fsp3) is 0.343. The molecule has 0 bridgehead atoms. The summed E-state index contributed by atoms with van der Waals surface area (Å²) in [6, 6.07) is 13.7. The van der Waals surface area contributed by atoms with Crippen molar-refractivity contribution in [2.75, 3.05) is 40.0 Å². The predicted molar refractivity (Wildman–Crippen MR) is 170 cm³/mol. The number of imide groups is 1. The molecule has 4 rings (SSSR count). The first-order chi connectivity index (χ1) is 22.6. The van der Waals surface area contributed by atoms with E-state index in [0.717, 1.165) is 53.4 Å². The molecule has 1 aliphatic heterocycles. The molecule has 0 atom stereocenters. The quantitative estimate of drug-likeness (QED) is 0.0664. The van der Waals surface area contributed by atoms with E-state index in [1.54, 1.807) is 48.5 Å². The van der Waals surface area contributed by atoms with Crippen LogP contribution in [-0.2, 0) is 33.5 Å². The number of likely N-dealkylation sites (N-methyl/N-ethyl adjacent to an activating group) is 1. The van der Waals surface area contributed by atoms with E-state index in [1.165, 1.54) is 19.2 Å². The minimum absolute atomic E-state index is 0.00181. The summed E-state index contributed by atoms with van der Waals surface area (Å²) in [5.41, 5.74) is 1.08. The van der Waals surface area contributed by atoms with Crippen molar-refractivity contribution >= 4 is 41.5 Å². The van der Waals surface area contributed by atoms with Crippen molar-refractivity contribution in [2.24, 2.45) is 5.92 Å². The number of nitrogens with zero attached hydrogens (tertiary/aromatic N) is 2.